The lowest BCUT2D eigenvalue weighted by Gasteiger charge is -2.55. The third-order valence-electron chi connectivity index (χ3n) is 5.14. The SMILES string of the molecule is CC(C)=CCN1CCC(C)C(C)(O)C1(O)Cc1ccccc1. The zero-order valence-electron chi connectivity index (χ0n) is 14.2. The highest BCUT2D eigenvalue weighted by molar-refractivity contribution is 5.20. The average molecular weight is 303 g/mol. The van der Waals surface area contributed by atoms with Crippen LogP contribution in [0.2, 0.25) is 0 Å². The van der Waals surface area contributed by atoms with Crippen molar-refractivity contribution in [3.05, 3.63) is 47.5 Å². The molecule has 0 amide bonds. The van der Waals surface area contributed by atoms with Crippen molar-refractivity contribution in [2.75, 3.05) is 13.1 Å². The molecule has 0 aromatic heterocycles. The Morgan fingerprint density at radius 2 is 1.91 bits per heavy atom. The van der Waals surface area contributed by atoms with Crippen molar-refractivity contribution in [3.8, 4) is 0 Å². The van der Waals surface area contributed by atoms with Crippen molar-refractivity contribution < 1.29 is 10.2 Å². The Hall–Kier alpha value is -1.16. The first-order valence-electron chi connectivity index (χ1n) is 8.14. The molecule has 3 heteroatoms. The molecule has 3 nitrogen and oxygen atoms in total. The Morgan fingerprint density at radius 1 is 1.27 bits per heavy atom. The van der Waals surface area contributed by atoms with Crippen molar-refractivity contribution in [1.29, 1.82) is 0 Å². The molecule has 1 heterocycles. The Bertz CT molecular complexity index is 519. The molecule has 3 atom stereocenters. The van der Waals surface area contributed by atoms with Crippen LogP contribution in [0, 0.1) is 5.92 Å². The summed E-state index contributed by atoms with van der Waals surface area (Å²) in [6.45, 7) is 9.37. The molecule has 1 aromatic rings. The van der Waals surface area contributed by atoms with E-state index < -0.39 is 11.3 Å². The van der Waals surface area contributed by atoms with Crippen LogP contribution >= 0.6 is 0 Å². The van der Waals surface area contributed by atoms with E-state index in [0.717, 1.165) is 18.5 Å². The zero-order chi connectivity index (χ0) is 16.4. The molecule has 1 aliphatic heterocycles. The van der Waals surface area contributed by atoms with Crippen LogP contribution in [-0.4, -0.2) is 39.5 Å². The summed E-state index contributed by atoms with van der Waals surface area (Å²) in [5.74, 6) is 0.0594. The summed E-state index contributed by atoms with van der Waals surface area (Å²) in [5.41, 5.74) is -0.129. The lowest BCUT2D eigenvalue weighted by atomic mass is 9.72. The van der Waals surface area contributed by atoms with Crippen molar-refractivity contribution in [1.82, 2.24) is 4.90 Å². The van der Waals surface area contributed by atoms with E-state index in [1.807, 2.05) is 42.2 Å². The van der Waals surface area contributed by atoms with Crippen molar-refractivity contribution >= 4 is 0 Å². The summed E-state index contributed by atoms with van der Waals surface area (Å²) < 4.78 is 0. The third kappa shape index (κ3) is 3.27. The minimum Gasteiger partial charge on any atom is -0.385 e. The first-order chi connectivity index (χ1) is 10.3. The van der Waals surface area contributed by atoms with E-state index in [2.05, 4.69) is 19.9 Å². The Morgan fingerprint density at radius 3 is 2.50 bits per heavy atom. The minimum atomic E-state index is -1.25. The minimum absolute atomic E-state index is 0.0594. The van der Waals surface area contributed by atoms with Gasteiger partial charge in [-0.05, 0) is 38.7 Å². The summed E-state index contributed by atoms with van der Waals surface area (Å²) >= 11 is 0. The number of benzene rings is 1. The number of rotatable bonds is 4. The smallest absolute Gasteiger partial charge is 0.151 e. The van der Waals surface area contributed by atoms with E-state index in [1.165, 1.54) is 5.57 Å². The number of nitrogens with zero attached hydrogens (tertiary/aromatic N) is 1. The van der Waals surface area contributed by atoms with Gasteiger partial charge in [-0.15, -0.1) is 0 Å². The van der Waals surface area contributed by atoms with Gasteiger partial charge in [0.25, 0.3) is 0 Å². The van der Waals surface area contributed by atoms with Crippen LogP contribution in [-0.2, 0) is 6.42 Å². The van der Waals surface area contributed by atoms with Crippen LogP contribution in [0.4, 0.5) is 0 Å². The molecule has 1 saturated heterocycles. The van der Waals surface area contributed by atoms with Gasteiger partial charge in [-0.2, -0.15) is 0 Å². The lowest BCUT2D eigenvalue weighted by molar-refractivity contribution is -0.263. The zero-order valence-corrected chi connectivity index (χ0v) is 14.2. The fourth-order valence-electron chi connectivity index (χ4n) is 3.24. The van der Waals surface area contributed by atoms with Gasteiger partial charge in [-0.25, -0.2) is 0 Å². The molecule has 122 valence electrons. The van der Waals surface area contributed by atoms with Gasteiger partial charge in [-0.3, -0.25) is 4.90 Å². The van der Waals surface area contributed by atoms with Gasteiger partial charge in [0.15, 0.2) is 5.72 Å². The van der Waals surface area contributed by atoms with E-state index >= 15 is 0 Å². The van der Waals surface area contributed by atoms with Gasteiger partial charge in [-0.1, -0.05) is 48.9 Å². The monoisotopic (exact) mass is 303 g/mol. The van der Waals surface area contributed by atoms with Crippen molar-refractivity contribution in [3.63, 3.8) is 0 Å². The second-order valence-corrected chi connectivity index (χ2v) is 7.04. The number of piperidine rings is 1. The molecule has 0 bridgehead atoms. The second-order valence-electron chi connectivity index (χ2n) is 7.04. The Labute approximate surface area is 134 Å². The van der Waals surface area contributed by atoms with Gasteiger partial charge >= 0.3 is 0 Å². The van der Waals surface area contributed by atoms with Crippen LogP contribution in [0.25, 0.3) is 0 Å². The lowest BCUT2D eigenvalue weighted by Crippen LogP contribution is -2.70. The van der Waals surface area contributed by atoms with Crippen molar-refractivity contribution in [2.45, 2.75) is 51.9 Å². The molecule has 0 saturated carbocycles. The predicted octanol–water partition coefficient (Wildman–Crippen LogP) is 2.98. The maximum absolute atomic E-state index is 11.4. The van der Waals surface area contributed by atoms with E-state index in [9.17, 15) is 10.2 Å². The molecular formula is C19H29NO2. The van der Waals surface area contributed by atoms with E-state index in [0.29, 0.717) is 13.0 Å². The number of likely N-dealkylation sites (tertiary alicyclic amines) is 1. The van der Waals surface area contributed by atoms with Crippen LogP contribution in [0.1, 0.15) is 39.7 Å². The molecule has 0 radical (unpaired) electrons. The number of allylic oxidation sites excluding steroid dienone is 1. The largest absolute Gasteiger partial charge is 0.385 e. The standard InChI is InChI=1S/C19H29NO2/c1-15(2)10-12-20-13-11-16(3)18(4,21)19(20,22)14-17-8-6-5-7-9-17/h5-10,16,21-22H,11-14H2,1-4H3. The molecule has 1 aliphatic rings. The van der Waals surface area contributed by atoms with E-state index in [1.54, 1.807) is 6.92 Å². The fourth-order valence-corrected chi connectivity index (χ4v) is 3.24. The normalized spacial score (nSPS) is 32.7. The molecule has 1 aromatic carbocycles. The number of aliphatic hydroxyl groups is 2. The molecular weight excluding hydrogens is 274 g/mol. The Balaban J connectivity index is 2.34. The molecule has 0 spiro atoms. The third-order valence-corrected chi connectivity index (χ3v) is 5.14. The van der Waals surface area contributed by atoms with E-state index in [4.69, 9.17) is 0 Å². The number of hydrogen-bond donors (Lipinski definition) is 2. The summed E-state index contributed by atoms with van der Waals surface area (Å²) in [7, 11) is 0. The highest BCUT2D eigenvalue weighted by Crippen LogP contribution is 2.41. The predicted molar refractivity (Wildman–Crippen MR) is 90.5 cm³/mol. The van der Waals surface area contributed by atoms with Crippen LogP contribution < -0.4 is 0 Å². The molecule has 0 aliphatic carbocycles. The summed E-state index contributed by atoms with van der Waals surface area (Å²) in [5, 5.41) is 22.5. The van der Waals surface area contributed by atoms with Gasteiger partial charge < -0.3 is 10.2 Å². The molecule has 22 heavy (non-hydrogen) atoms. The summed E-state index contributed by atoms with van der Waals surface area (Å²) in [6.07, 6.45) is 3.44. The van der Waals surface area contributed by atoms with Gasteiger partial charge in [0.05, 0.1) is 0 Å². The highest BCUT2D eigenvalue weighted by atomic mass is 16.4. The first-order valence-corrected chi connectivity index (χ1v) is 8.14. The van der Waals surface area contributed by atoms with Crippen LogP contribution in [0.5, 0.6) is 0 Å². The molecule has 3 unspecified atom stereocenters. The van der Waals surface area contributed by atoms with Crippen LogP contribution in [0.15, 0.2) is 42.0 Å². The molecule has 2 rings (SSSR count). The maximum atomic E-state index is 11.4. The van der Waals surface area contributed by atoms with Gasteiger partial charge in [0.2, 0.25) is 0 Å². The average Bonchev–Trinajstić information content (AvgIpc) is 2.46. The van der Waals surface area contributed by atoms with Gasteiger partial charge in [0.1, 0.15) is 5.60 Å². The fraction of sp³-hybridized carbons (Fsp3) is 0.579. The maximum Gasteiger partial charge on any atom is 0.151 e. The highest BCUT2D eigenvalue weighted by Gasteiger charge is 2.55. The van der Waals surface area contributed by atoms with Crippen molar-refractivity contribution in [2.24, 2.45) is 5.92 Å². The number of hydrogen-bond acceptors (Lipinski definition) is 3. The second kappa shape index (κ2) is 6.53. The summed E-state index contributed by atoms with van der Waals surface area (Å²) in [4.78, 5) is 2.02. The van der Waals surface area contributed by atoms with E-state index in [-0.39, 0.29) is 5.92 Å². The Kier molecular flexibility index (Phi) is 5.10. The van der Waals surface area contributed by atoms with Gasteiger partial charge in [0, 0.05) is 19.5 Å². The molecule has 1 fully saturated rings. The van der Waals surface area contributed by atoms with Crippen LogP contribution in [0.3, 0.4) is 0 Å². The quantitative estimate of drug-likeness (QED) is 0.841. The first kappa shape index (κ1) is 17.2. The molecule has 2 N–H and O–H groups in total. The summed E-state index contributed by atoms with van der Waals surface area (Å²) in [6, 6.07) is 9.93. The topological polar surface area (TPSA) is 43.7 Å².